The average molecular weight is 365 g/mol. The maximum atomic E-state index is 12.7. The lowest BCUT2D eigenvalue weighted by Crippen LogP contribution is -2.16. The molecule has 2 aromatic carbocycles. The first-order valence-electron chi connectivity index (χ1n) is 8.52. The van der Waals surface area contributed by atoms with Gasteiger partial charge in [0.05, 0.1) is 0 Å². The summed E-state index contributed by atoms with van der Waals surface area (Å²) in [5, 5.41) is 7.22. The van der Waals surface area contributed by atoms with Crippen molar-refractivity contribution < 1.29 is 14.3 Å². The Morgan fingerprint density at radius 2 is 1.85 bits per heavy atom. The third kappa shape index (κ3) is 3.29. The number of nitrogens with one attached hydrogen (secondary N) is 1. The van der Waals surface area contributed by atoms with Crippen molar-refractivity contribution in [2.45, 2.75) is 13.8 Å². The summed E-state index contributed by atoms with van der Waals surface area (Å²) in [4.78, 5) is 16.8. The second-order valence-electron chi connectivity index (χ2n) is 6.29. The van der Waals surface area contributed by atoms with Gasteiger partial charge in [-0.15, -0.1) is 5.10 Å². The molecule has 2 heterocycles. The van der Waals surface area contributed by atoms with Crippen molar-refractivity contribution >= 4 is 23.5 Å². The van der Waals surface area contributed by atoms with E-state index in [-0.39, 0.29) is 17.8 Å². The molecule has 0 saturated carbocycles. The smallest absolute Gasteiger partial charge is 0.281 e. The number of hydrogen-bond donors (Lipinski definition) is 2. The third-order valence-corrected chi connectivity index (χ3v) is 4.38. The lowest BCUT2D eigenvalue weighted by Gasteiger charge is -2.18. The molecule has 8 heteroatoms. The zero-order chi connectivity index (χ0) is 19.0. The number of nitrogens with two attached hydrogens (primary N) is 1. The standard InChI is InChI=1S/C19H19N5O3/c1-11-3-4-13(9-12(11)2)17(25)24-18(20)22-19(23-24)21-14-5-6-15-16(10-14)27-8-7-26-15/h3-6,9-10H,7-8H2,1-2H3,(H3,20,21,22,23). The van der Waals surface area contributed by atoms with Crippen LogP contribution in [-0.2, 0) is 0 Å². The number of aromatic nitrogens is 3. The minimum atomic E-state index is -0.335. The number of nitrogens with zero attached hydrogens (tertiary/aromatic N) is 3. The van der Waals surface area contributed by atoms with E-state index in [0.29, 0.717) is 36.0 Å². The molecule has 4 rings (SSSR count). The first-order chi connectivity index (χ1) is 13.0. The molecule has 0 saturated heterocycles. The molecule has 0 spiro atoms. The van der Waals surface area contributed by atoms with Gasteiger partial charge < -0.3 is 20.5 Å². The molecule has 138 valence electrons. The van der Waals surface area contributed by atoms with E-state index in [1.54, 1.807) is 18.2 Å². The van der Waals surface area contributed by atoms with Crippen LogP contribution in [0.25, 0.3) is 0 Å². The first kappa shape index (κ1) is 16.9. The highest BCUT2D eigenvalue weighted by Crippen LogP contribution is 2.33. The number of rotatable bonds is 3. The predicted molar refractivity (Wildman–Crippen MR) is 101 cm³/mol. The zero-order valence-corrected chi connectivity index (χ0v) is 15.0. The van der Waals surface area contributed by atoms with E-state index in [4.69, 9.17) is 15.2 Å². The molecule has 8 nitrogen and oxygen atoms in total. The highest BCUT2D eigenvalue weighted by Gasteiger charge is 2.17. The average Bonchev–Trinajstić information content (AvgIpc) is 3.03. The van der Waals surface area contributed by atoms with Gasteiger partial charge in [0.15, 0.2) is 11.5 Å². The minimum absolute atomic E-state index is 0.0123. The van der Waals surface area contributed by atoms with E-state index in [0.717, 1.165) is 15.8 Å². The second-order valence-corrected chi connectivity index (χ2v) is 6.29. The molecule has 27 heavy (non-hydrogen) atoms. The number of aryl methyl sites for hydroxylation is 2. The zero-order valence-electron chi connectivity index (χ0n) is 15.0. The van der Waals surface area contributed by atoms with Crippen LogP contribution >= 0.6 is 0 Å². The van der Waals surface area contributed by atoms with E-state index in [2.05, 4.69) is 15.4 Å². The van der Waals surface area contributed by atoms with E-state index < -0.39 is 0 Å². The van der Waals surface area contributed by atoms with Gasteiger partial charge in [0.2, 0.25) is 11.9 Å². The number of carbonyl (C=O) groups excluding carboxylic acids is 1. The van der Waals surface area contributed by atoms with E-state index >= 15 is 0 Å². The Morgan fingerprint density at radius 1 is 1.07 bits per heavy atom. The molecule has 1 aromatic heterocycles. The van der Waals surface area contributed by atoms with Crippen molar-refractivity contribution in [3.05, 3.63) is 53.1 Å². The molecular weight excluding hydrogens is 346 g/mol. The Morgan fingerprint density at radius 3 is 2.63 bits per heavy atom. The van der Waals surface area contributed by atoms with Crippen LogP contribution in [0.15, 0.2) is 36.4 Å². The molecule has 1 aliphatic heterocycles. The number of benzene rings is 2. The molecule has 1 aliphatic rings. The quantitative estimate of drug-likeness (QED) is 0.735. The van der Waals surface area contributed by atoms with Crippen molar-refractivity contribution in [1.29, 1.82) is 0 Å². The number of carbonyl (C=O) groups is 1. The number of ether oxygens (including phenoxy) is 2. The van der Waals surface area contributed by atoms with Crippen LogP contribution in [0.5, 0.6) is 11.5 Å². The Balaban J connectivity index is 1.58. The van der Waals surface area contributed by atoms with Gasteiger partial charge >= 0.3 is 0 Å². The molecular formula is C19H19N5O3. The van der Waals surface area contributed by atoms with Crippen LogP contribution < -0.4 is 20.5 Å². The highest BCUT2D eigenvalue weighted by molar-refractivity contribution is 5.97. The monoisotopic (exact) mass is 365 g/mol. The number of nitrogen functional groups attached to an aromatic ring is 1. The molecule has 0 atom stereocenters. The predicted octanol–water partition coefficient (Wildman–Crippen LogP) is 2.68. The van der Waals surface area contributed by atoms with Crippen LogP contribution in [0.4, 0.5) is 17.6 Å². The lowest BCUT2D eigenvalue weighted by atomic mass is 10.1. The fraction of sp³-hybridized carbons (Fsp3) is 0.211. The van der Waals surface area contributed by atoms with Gasteiger partial charge in [-0.2, -0.15) is 9.67 Å². The topological polar surface area (TPSA) is 104 Å². The van der Waals surface area contributed by atoms with E-state index in [9.17, 15) is 4.79 Å². The molecule has 0 aliphatic carbocycles. The minimum Gasteiger partial charge on any atom is -0.486 e. The van der Waals surface area contributed by atoms with Crippen molar-refractivity contribution in [2.24, 2.45) is 0 Å². The first-order valence-corrected chi connectivity index (χ1v) is 8.52. The Kier molecular flexibility index (Phi) is 4.15. The van der Waals surface area contributed by atoms with Crippen molar-refractivity contribution in [2.75, 3.05) is 24.3 Å². The summed E-state index contributed by atoms with van der Waals surface area (Å²) in [6.45, 7) is 4.97. The van der Waals surface area contributed by atoms with Gasteiger partial charge in [0.25, 0.3) is 5.91 Å². The Labute approximate surface area is 155 Å². The molecule has 0 bridgehead atoms. The summed E-state index contributed by atoms with van der Waals surface area (Å²) in [5.41, 5.74) is 9.23. The van der Waals surface area contributed by atoms with Gasteiger partial charge in [-0.25, -0.2) is 0 Å². The lowest BCUT2D eigenvalue weighted by molar-refractivity contribution is 0.0948. The number of fused-ring (bicyclic) bond motifs is 1. The SMILES string of the molecule is Cc1ccc(C(=O)n2nc(Nc3ccc4c(c3)OCCO4)nc2N)cc1C. The van der Waals surface area contributed by atoms with Crippen molar-refractivity contribution in [3.63, 3.8) is 0 Å². The Hall–Kier alpha value is -3.55. The molecule has 0 amide bonds. The van der Waals surface area contributed by atoms with E-state index in [1.807, 2.05) is 32.0 Å². The van der Waals surface area contributed by atoms with Crippen LogP contribution in [0, 0.1) is 13.8 Å². The fourth-order valence-corrected chi connectivity index (χ4v) is 2.77. The van der Waals surface area contributed by atoms with Crippen LogP contribution in [0.2, 0.25) is 0 Å². The van der Waals surface area contributed by atoms with Gasteiger partial charge in [-0.05, 0) is 49.2 Å². The van der Waals surface area contributed by atoms with Gasteiger partial charge in [0.1, 0.15) is 13.2 Å². The molecule has 3 aromatic rings. The number of anilines is 3. The summed E-state index contributed by atoms with van der Waals surface area (Å²) in [7, 11) is 0. The maximum absolute atomic E-state index is 12.7. The summed E-state index contributed by atoms with van der Waals surface area (Å²) in [5.74, 6) is 1.23. The summed E-state index contributed by atoms with van der Waals surface area (Å²) < 4.78 is 12.1. The normalized spacial score (nSPS) is 12.7. The fourth-order valence-electron chi connectivity index (χ4n) is 2.77. The molecule has 0 radical (unpaired) electrons. The largest absolute Gasteiger partial charge is 0.486 e. The number of hydrogen-bond acceptors (Lipinski definition) is 7. The van der Waals surface area contributed by atoms with Crippen LogP contribution in [0.3, 0.4) is 0 Å². The third-order valence-electron chi connectivity index (χ3n) is 4.38. The van der Waals surface area contributed by atoms with Gasteiger partial charge in [-0.3, -0.25) is 4.79 Å². The summed E-state index contributed by atoms with van der Waals surface area (Å²) in [6, 6.07) is 10.9. The molecule has 0 fully saturated rings. The molecule has 3 N–H and O–H groups in total. The van der Waals surface area contributed by atoms with Crippen molar-refractivity contribution in [3.8, 4) is 11.5 Å². The summed E-state index contributed by atoms with van der Waals surface area (Å²) >= 11 is 0. The van der Waals surface area contributed by atoms with Crippen molar-refractivity contribution in [1.82, 2.24) is 14.8 Å². The van der Waals surface area contributed by atoms with Gasteiger partial charge in [0, 0.05) is 17.3 Å². The summed E-state index contributed by atoms with van der Waals surface area (Å²) in [6.07, 6.45) is 0. The molecule has 0 unspecified atom stereocenters. The van der Waals surface area contributed by atoms with Crippen LogP contribution in [0.1, 0.15) is 21.5 Å². The highest BCUT2D eigenvalue weighted by atomic mass is 16.6. The van der Waals surface area contributed by atoms with E-state index in [1.165, 1.54) is 0 Å². The van der Waals surface area contributed by atoms with Crippen LogP contribution in [-0.4, -0.2) is 33.9 Å². The second kappa shape index (κ2) is 6.64. The van der Waals surface area contributed by atoms with Gasteiger partial charge in [-0.1, -0.05) is 6.07 Å². The maximum Gasteiger partial charge on any atom is 0.281 e. The Bertz CT molecular complexity index is 1030.